The lowest BCUT2D eigenvalue weighted by molar-refractivity contribution is -0.136. The highest BCUT2D eigenvalue weighted by atomic mass is 16.6. The van der Waals surface area contributed by atoms with Gasteiger partial charge in [0.1, 0.15) is 23.0 Å². The van der Waals surface area contributed by atoms with Crippen molar-refractivity contribution in [2.45, 2.75) is 19.4 Å². The summed E-state index contributed by atoms with van der Waals surface area (Å²) in [6, 6.07) is 16.6. The Morgan fingerprint density at radius 2 is 1.86 bits per heavy atom. The average molecular weight is 483 g/mol. The number of carboxylic acid groups (broad SMARTS) is 1. The Bertz CT molecular complexity index is 1530. The molecule has 1 atom stereocenters. The average Bonchev–Trinajstić information content (AvgIpc) is 3.54. The molecule has 3 N–H and O–H groups in total. The lowest BCUT2D eigenvalue weighted by atomic mass is 10.0. The van der Waals surface area contributed by atoms with Crippen LogP contribution < -0.4 is 5.32 Å². The van der Waals surface area contributed by atoms with Crippen molar-refractivity contribution in [1.29, 1.82) is 0 Å². The van der Waals surface area contributed by atoms with Crippen molar-refractivity contribution in [1.82, 2.24) is 20.1 Å². The number of carbonyl (C=O) groups excluding carboxylic acids is 1. The molecule has 3 aromatic heterocycles. The summed E-state index contributed by atoms with van der Waals surface area (Å²) in [5, 5.41) is 15.5. The number of aromatic nitrogens is 4. The lowest BCUT2D eigenvalue weighted by Crippen LogP contribution is -2.16. The second-order valence-corrected chi connectivity index (χ2v) is 8.07. The van der Waals surface area contributed by atoms with Gasteiger partial charge in [-0.25, -0.2) is 14.8 Å². The van der Waals surface area contributed by atoms with Crippen LogP contribution in [0.5, 0.6) is 0 Å². The van der Waals surface area contributed by atoms with Crippen molar-refractivity contribution in [3.05, 3.63) is 84.4 Å². The van der Waals surface area contributed by atoms with E-state index < -0.39 is 18.2 Å². The summed E-state index contributed by atoms with van der Waals surface area (Å²) in [4.78, 5) is 35.6. The van der Waals surface area contributed by atoms with Gasteiger partial charge >= 0.3 is 12.1 Å². The summed E-state index contributed by atoms with van der Waals surface area (Å²) in [7, 11) is 0. The quantitative estimate of drug-likeness (QED) is 0.286. The summed E-state index contributed by atoms with van der Waals surface area (Å²) in [6.07, 6.45) is 3.41. The fraction of sp³-hybridized carbons (Fsp3) is 0.115. The van der Waals surface area contributed by atoms with Crippen molar-refractivity contribution in [2.24, 2.45) is 0 Å². The zero-order valence-electron chi connectivity index (χ0n) is 19.1. The first-order valence-corrected chi connectivity index (χ1v) is 11.1. The van der Waals surface area contributed by atoms with Gasteiger partial charge in [-0.1, -0.05) is 59.8 Å². The topological polar surface area (TPSA) is 143 Å². The summed E-state index contributed by atoms with van der Waals surface area (Å²) in [5.41, 5.74) is 5.09. The first-order chi connectivity index (χ1) is 17.5. The standard InChI is InChI=1S/C26H21N5O5/c1-15(17-5-3-2-4-6-17)35-26(34)31-20-13-30-36-25(20)24-23-22(28-14-29-23)19(12-27-24)18-9-7-16(8-10-18)11-21(32)33/h2-10,12-15H,11H2,1H3,(H,28,29)(H,31,34)(H,32,33). The highest BCUT2D eigenvalue weighted by Crippen LogP contribution is 2.35. The molecule has 10 nitrogen and oxygen atoms in total. The van der Waals surface area contributed by atoms with Crippen LogP contribution in [0.2, 0.25) is 0 Å². The molecule has 5 rings (SSSR count). The number of imidazole rings is 1. The second-order valence-electron chi connectivity index (χ2n) is 8.07. The number of pyridine rings is 1. The first-order valence-electron chi connectivity index (χ1n) is 11.1. The summed E-state index contributed by atoms with van der Waals surface area (Å²) in [5.74, 6) is -0.653. The van der Waals surface area contributed by atoms with Crippen molar-refractivity contribution < 1.29 is 24.0 Å². The number of nitrogens with zero attached hydrogens (tertiary/aromatic N) is 3. The van der Waals surface area contributed by atoms with Gasteiger partial charge in [-0.3, -0.25) is 10.1 Å². The molecule has 1 unspecified atom stereocenters. The molecule has 3 heterocycles. The molecule has 0 saturated carbocycles. The van der Waals surface area contributed by atoms with Gasteiger partial charge in [0, 0.05) is 11.8 Å². The molecule has 0 radical (unpaired) electrons. The molecule has 0 aliphatic heterocycles. The van der Waals surface area contributed by atoms with Gasteiger partial charge in [-0.2, -0.15) is 0 Å². The minimum atomic E-state index is -0.889. The molecule has 0 aliphatic carbocycles. The van der Waals surface area contributed by atoms with Crippen LogP contribution in [0.1, 0.15) is 24.2 Å². The SMILES string of the molecule is CC(OC(=O)Nc1cnoc1-c1ncc(-c2ccc(CC(=O)O)cc2)c2[nH]cnc12)c1ccccc1. The summed E-state index contributed by atoms with van der Waals surface area (Å²) < 4.78 is 10.9. The molecule has 0 spiro atoms. The van der Waals surface area contributed by atoms with Crippen LogP contribution in [0.3, 0.4) is 0 Å². The Hall–Kier alpha value is -4.99. The number of carbonyl (C=O) groups is 2. The van der Waals surface area contributed by atoms with Crippen LogP contribution in [0, 0.1) is 0 Å². The molecular weight excluding hydrogens is 462 g/mol. The van der Waals surface area contributed by atoms with Gasteiger partial charge in [0.2, 0.25) is 5.76 Å². The van der Waals surface area contributed by atoms with Crippen molar-refractivity contribution >= 4 is 28.8 Å². The van der Waals surface area contributed by atoms with Gasteiger partial charge in [0.25, 0.3) is 0 Å². The highest BCUT2D eigenvalue weighted by molar-refractivity contribution is 6.00. The monoisotopic (exact) mass is 483 g/mol. The van der Waals surface area contributed by atoms with E-state index in [0.717, 1.165) is 16.7 Å². The summed E-state index contributed by atoms with van der Waals surface area (Å²) in [6.45, 7) is 1.78. The van der Waals surface area contributed by atoms with E-state index in [0.29, 0.717) is 28.0 Å². The molecule has 0 aliphatic rings. The predicted molar refractivity (Wildman–Crippen MR) is 131 cm³/mol. The third kappa shape index (κ3) is 4.64. The highest BCUT2D eigenvalue weighted by Gasteiger charge is 2.22. The molecule has 2 aromatic carbocycles. The number of carboxylic acids is 1. The number of nitrogens with one attached hydrogen (secondary N) is 2. The molecule has 10 heteroatoms. The number of aliphatic carboxylic acids is 1. The zero-order valence-corrected chi connectivity index (χ0v) is 19.1. The Morgan fingerprint density at radius 1 is 1.08 bits per heavy atom. The molecule has 0 bridgehead atoms. The Labute approximate surface area is 205 Å². The number of fused-ring (bicyclic) bond motifs is 1. The Kier molecular flexibility index (Phi) is 6.14. The first kappa shape index (κ1) is 22.8. The van der Waals surface area contributed by atoms with Gasteiger partial charge < -0.3 is 19.4 Å². The molecule has 0 saturated heterocycles. The normalized spacial score (nSPS) is 11.8. The largest absolute Gasteiger partial charge is 0.481 e. The smallest absolute Gasteiger partial charge is 0.412 e. The third-order valence-corrected chi connectivity index (χ3v) is 5.65. The minimum Gasteiger partial charge on any atom is -0.481 e. The van der Waals surface area contributed by atoms with Crippen LogP contribution in [0.4, 0.5) is 10.5 Å². The van der Waals surface area contributed by atoms with E-state index in [2.05, 4.69) is 25.4 Å². The zero-order chi connectivity index (χ0) is 25.1. The lowest BCUT2D eigenvalue weighted by Gasteiger charge is -2.14. The minimum absolute atomic E-state index is 0.0508. The number of anilines is 1. The van der Waals surface area contributed by atoms with Gasteiger partial charge in [-0.05, 0) is 23.6 Å². The van der Waals surface area contributed by atoms with Crippen LogP contribution in [0.15, 0.2) is 77.8 Å². The number of aromatic amines is 1. The molecule has 36 heavy (non-hydrogen) atoms. The third-order valence-electron chi connectivity index (χ3n) is 5.65. The molecule has 1 amide bonds. The van der Waals surface area contributed by atoms with Crippen LogP contribution in [-0.2, 0) is 16.0 Å². The summed E-state index contributed by atoms with van der Waals surface area (Å²) >= 11 is 0. The van der Waals surface area contributed by atoms with E-state index in [1.54, 1.807) is 25.3 Å². The Morgan fingerprint density at radius 3 is 2.61 bits per heavy atom. The number of amides is 1. The molecule has 180 valence electrons. The van der Waals surface area contributed by atoms with E-state index >= 15 is 0 Å². The van der Waals surface area contributed by atoms with Gasteiger partial charge in [-0.15, -0.1) is 0 Å². The number of ether oxygens (including phenoxy) is 1. The fourth-order valence-corrected chi connectivity index (χ4v) is 3.89. The van der Waals surface area contributed by atoms with E-state index in [1.165, 1.54) is 12.5 Å². The van der Waals surface area contributed by atoms with E-state index in [4.69, 9.17) is 14.4 Å². The van der Waals surface area contributed by atoms with Gasteiger partial charge in [0.15, 0.2) is 0 Å². The van der Waals surface area contributed by atoms with Crippen molar-refractivity contribution in [2.75, 3.05) is 5.32 Å². The van der Waals surface area contributed by atoms with Crippen molar-refractivity contribution in [3.63, 3.8) is 0 Å². The maximum atomic E-state index is 12.5. The van der Waals surface area contributed by atoms with Crippen molar-refractivity contribution in [3.8, 4) is 22.6 Å². The van der Waals surface area contributed by atoms with E-state index in [1.807, 2.05) is 42.5 Å². The van der Waals surface area contributed by atoms with Crippen LogP contribution in [0.25, 0.3) is 33.6 Å². The number of benzene rings is 2. The second kappa shape index (κ2) is 9.71. The van der Waals surface area contributed by atoms with Crippen LogP contribution >= 0.6 is 0 Å². The molecule has 5 aromatic rings. The van der Waals surface area contributed by atoms with E-state index in [-0.39, 0.29) is 12.2 Å². The van der Waals surface area contributed by atoms with Gasteiger partial charge in [0.05, 0.1) is 24.5 Å². The Balaban J connectivity index is 1.40. The number of rotatable bonds is 7. The maximum Gasteiger partial charge on any atom is 0.412 e. The molecular formula is C26H21N5O5. The van der Waals surface area contributed by atoms with E-state index in [9.17, 15) is 9.59 Å². The maximum absolute atomic E-state index is 12.5. The van der Waals surface area contributed by atoms with Crippen LogP contribution in [-0.4, -0.2) is 37.3 Å². The number of hydrogen-bond donors (Lipinski definition) is 3. The number of H-pyrrole nitrogens is 1. The number of hydrogen-bond acceptors (Lipinski definition) is 7. The fourth-order valence-electron chi connectivity index (χ4n) is 3.89. The molecule has 0 fully saturated rings. The predicted octanol–water partition coefficient (Wildman–Crippen LogP) is 5.22.